The van der Waals surface area contributed by atoms with Crippen molar-refractivity contribution in [2.75, 3.05) is 12.3 Å². The highest BCUT2D eigenvalue weighted by Crippen LogP contribution is 2.31. The summed E-state index contributed by atoms with van der Waals surface area (Å²) >= 11 is 1.35. The molecule has 2 heterocycles. The van der Waals surface area contributed by atoms with E-state index >= 15 is 0 Å². The maximum atomic E-state index is 12.0. The Morgan fingerprint density at radius 2 is 2.33 bits per heavy atom. The molecule has 5 heteroatoms. The van der Waals surface area contributed by atoms with Gasteiger partial charge in [0.05, 0.1) is 5.69 Å². The predicted molar refractivity (Wildman–Crippen MR) is 75.9 cm³/mol. The van der Waals surface area contributed by atoms with Gasteiger partial charge in [-0.05, 0) is 18.6 Å². The first-order chi connectivity index (χ1) is 8.74. The molecule has 0 bridgehead atoms. The Kier molecular flexibility index (Phi) is 4.15. The number of thiophene rings is 1. The number of unbranched alkanes of at least 4 members (excludes halogenated alkanes) is 2. The van der Waals surface area contributed by atoms with Gasteiger partial charge in [0.2, 0.25) is 0 Å². The van der Waals surface area contributed by atoms with Crippen LogP contribution in [-0.2, 0) is 0 Å². The second-order valence-electron chi connectivity index (χ2n) is 4.16. The summed E-state index contributed by atoms with van der Waals surface area (Å²) in [5, 5.41) is 3.76. The zero-order valence-corrected chi connectivity index (χ0v) is 11.2. The molecule has 2 aromatic heterocycles. The number of carbonyl (C=O) groups is 1. The minimum absolute atomic E-state index is 0.0911. The number of nitrogen functional groups attached to an aromatic ring is 1. The molecule has 3 N–H and O–H groups in total. The fourth-order valence-corrected chi connectivity index (χ4v) is 2.76. The van der Waals surface area contributed by atoms with Crippen molar-refractivity contribution in [2.45, 2.75) is 26.2 Å². The smallest absolute Gasteiger partial charge is 0.263 e. The second kappa shape index (κ2) is 5.82. The molecule has 0 atom stereocenters. The number of amides is 1. The number of pyridine rings is 1. The molecule has 0 aliphatic rings. The largest absolute Gasteiger partial charge is 0.397 e. The highest BCUT2D eigenvalue weighted by Gasteiger charge is 2.16. The summed E-state index contributed by atoms with van der Waals surface area (Å²) in [6, 6.07) is 3.72. The first kappa shape index (κ1) is 12.8. The molecule has 0 saturated carbocycles. The van der Waals surface area contributed by atoms with Gasteiger partial charge >= 0.3 is 0 Å². The van der Waals surface area contributed by atoms with E-state index in [-0.39, 0.29) is 5.91 Å². The van der Waals surface area contributed by atoms with Crippen LogP contribution in [0.5, 0.6) is 0 Å². The molecule has 0 radical (unpaired) electrons. The van der Waals surface area contributed by atoms with E-state index in [2.05, 4.69) is 17.2 Å². The van der Waals surface area contributed by atoms with E-state index in [1.807, 2.05) is 12.1 Å². The van der Waals surface area contributed by atoms with Gasteiger partial charge in [0.15, 0.2) is 0 Å². The first-order valence-corrected chi connectivity index (χ1v) is 6.97. The van der Waals surface area contributed by atoms with Crippen LogP contribution in [0.2, 0.25) is 0 Å². The van der Waals surface area contributed by atoms with Gasteiger partial charge in [-0.2, -0.15) is 0 Å². The number of aromatic nitrogens is 1. The van der Waals surface area contributed by atoms with Crippen molar-refractivity contribution in [3.05, 3.63) is 23.2 Å². The standard InChI is InChI=1S/C13H17N3OS/c1-2-3-4-7-15-12(17)11-10(14)9-6-5-8-16-13(9)18-11/h5-6,8H,2-4,7,14H2,1H3,(H,15,17). The number of fused-ring (bicyclic) bond motifs is 1. The van der Waals surface area contributed by atoms with E-state index in [1.165, 1.54) is 11.3 Å². The van der Waals surface area contributed by atoms with Crippen LogP contribution in [0.15, 0.2) is 18.3 Å². The summed E-state index contributed by atoms with van der Waals surface area (Å²) in [5.74, 6) is -0.0911. The molecule has 2 aromatic rings. The number of nitrogens with zero attached hydrogens (tertiary/aromatic N) is 1. The van der Waals surface area contributed by atoms with Crippen molar-refractivity contribution in [3.63, 3.8) is 0 Å². The van der Waals surface area contributed by atoms with Crippen LogP contribution in [0.4, 0.5) is 5.69 Å². The Balaban J connectivity index is 2.10. The minimum atomic E-state index is -0.0911. The van der Waals surface area contributed by atoms with Crippen molar-refractivity contribution in [2.24, 2.45) is 0 Å². The van der Waals surface area contributed by atoms with Gasteiger partial charge in [-0.25, -0.2) is 4.98 Å². The van der Waals surface area contributed by atoms with Crippen LogP contribution in [0.3, 0.4) is 0 Å². The monoisotopic (exact) mass is 263 g/mol. The van der Waals surface area contributed by atoms with Crippen LogP contribution >= 0.6 is 11.3 Å². The number of rotatable bonds is 5. The second-order valence-corrected chi connectivity index (χ2v) is 5.16. The number of nitrogens with two attached hydrogens (primary N) is 1. The number of hydrogen-bond donors (Lipinski definition) is 2. The van der Waals surface area contributed by atoms with E-state index in [0.29, 0.717) is 17.1 Å². The molecule has 0 aliphatic carbocycles. The lowest BCUT2D eigenvalue weighted by Gasteiger charge is -2.03. The summed E-state index contributed by atoms with van der Waals surface area (Å²) < 4.78 is 0. The number of anilines is 1. The van der Waals surface area contributed by atoms with Gasteiger partial charge in [-0.3, -0.25) is 4.79 Å². The molecule has 4 nitrogen and oxygen atoms in total. The third-order valence-electron chi connectivity index (χ3n) is 2.78. The molecule has 0 aliphatic heterocycles. The Labute approximate surface area is 110 Å². The lowest BCUT2D eigenvalue weighted by molar-refractivity contribution is 0.0958. The first-order valence-electron chi connectivity index (χ1n) is 6.15. The fraction of sp³-hybridized carbons (Fsp3) is 0.385. The Morgan fingerprint density at radius 3 is 3.06 bits per heavy atom. The zero-order valence-electron chi connectivity index (χ0n) is 10.4. The zero-order chi connectivity index (χ0) is 13.0. The average Bonchev–Trinajstić information content (AvgIpc) is 2.73. The maximum Gasteiger partial charge on any atom is 0.263 e. The molecule has 0 saturated heterocycles. The van der Waals surface area contributed by atoms with Crippen LogP contribution in [0.25, 0.3) is 10.2 Å². The van der Waals surface area contributed by atoms with E-state index in [9.17, 15) is 4.79 Å². The van der Waals surface area contributed by atoms with E-state index in [1.54, 1.807) is 6.20 Å². The summed E-state index contributed by atoms with van der Waals surface area (Å²) in [4.78, 5) is 17.6. The fourth-order valence-electron chi connectivity index (χ4n) is 1.78. The molecule has 0 spiro atoms. The molecule has 96 valence electrons. The molecule has 1 amide bonds. The van der Waals surface area contributed by atoms with Gasteiger partial charge in [0.1, 0.15) is 9.71 Å². The van der Waals surface area contributed by atoms with Crippen molar-refractivity contribution >= 4 is 33.1 Å². The predicted octanol–water partition coefficient (Wildman–Crippen LogP) is 2.80. The van der Waals surface area contributed by atoms with Crippen molar-refractivity contribution in [3.8, 4) is 0 Å². The van der Waals surface area contributed by atoms with E-state index in [0.717, 1.165) is 29.5 Å². The summed E-state index contributed by atoms with van der Waals surface area (Å²) in [7, 11) is 0. The molecule has 18 heavy (non-hydrogen) atoms. The summed E-state index contributed by atoms with van der Waals surface area (Å²) in [5.41, 5.74) is 6.52. The molecular weight excluding hydrogens is 246 g/mol. The summed E-state index contributed by atoms with van der Waals surface area (Å²) in [6.07, 6.45) is 4.99. The van der Waals surface area contributed by atoms with Crippen LogP contribution in [-0.4, -0.2) is 17.4 Å². The highest BCUT2D eigenvalue weighted by atomic mass is 32.1. The average molecular weight is 263 g/mol. The lowest BCUT2D eigenvalue weighted by Crippen LogP contribution is -2.24. The normalized spacial score (nSPS) is 10.7. The third kappa shape index (κ3) is 2.61. The van der Waals surface area contributed by atoms with Gasteiger partial charge < -0.3 is 11.1 Å². The molecule has 0 fully saturated rings. The summed E-state index contributed by atoms with van der Waals surface area (Å²) in [6.45, 7) is 2.84. The topological polar surface area (TPSA) is 68.0 Å². The molecule has 0 aromatic carbocycles. The third-order valence-corrected chi connectivity index (χ3v) is 3.90. The van der Waals surface area contributed by atoms with Crippen molar-refractivity contribution in [1.29, 1.82) is 0 Å². The molecular formula is C13H17N3OS. The molecule has 2 rings (SSSR count). The van der Waals surface area contributed by atoms with Crippen LogP contribution < -0.4 is 11.1 Å². The van der Waals surface area contributed by atoms with Crippen molar-refractivity contribution < 1.29 is 4.79 Å². The number of carbonyl (C=O) groups excluding carboxylic acids is 1. The van der Waals surface area contributed by atoms with Gasteiger partial charge in [0.25, 0.3) is 5.91 Å². The van der Waals surface area contributed by atoms with E-state index < -0.39 is 0 Å². The van der Waals surface area contributed by atoms with Crippen molar-refractivity contribution in [1.82, 2.24) is 10.3 Å². The highest BCUT2D eigenvalue weighted by molar-refractivity contribution is 7.21. The van der Waals surface area contributed by atoms with Gasteiger partial charge in [0, 0.05) is 18.1 Å². The molecule has 0 unspecified atom stereocenters. The Bertz CT molecular complexity index is 550. The Morgan fingerprint density at radius 1 is 1.50 bits per heavy atom. The Hall–Kier alpha value is -1.62. The number of hydrogen-bond acceptors (Lipinski definition) is 4. The lowest BCUT2D eigenvalue weighted by atomic mass is 10.2. The number of nitrogens with one attached hydrogen (secondary N) is 1. The van der Waals surface area contributed by atoms with Gasteiger partial charge in [-0.15, -0.1) is 11.3 Å². The van der Waals surface area contributed by atoms with Gasteiger partial charge in [-0.1, -0.05) is 19.8 Å². The van der Waals surface area contributed by atoms with Crippen LogP contribution in [0.1, 0.15) is 35.9 Å². The SMILES string of the molecule is CCCCCNC(=O)c1sc2ncccc2c1N. The maximum absolute atomic E-state index is 12.0. The van der Waals surface area contributed by atoms with E-state index in [4.69, 9.17) is 5.73 Å². The van der Waals surface area contributed by atoms with Crippen LogP contribution in [0, 0.1) is 0 Å². The quantitative estimate of drug-likeness (QED) is 0.815. The minimum Gasteiger partial charge on any atom is -0.397 e.